The Morgan fingerprint density at radius 2 is 2.11 bits per heavy atom. The fourth-order valence-electron chi connectivity index (χ4n) is 1.00. The fourth-order valence-corrected chi connectivity index (χ4v) is 2.80. The van der Waals surface area contributed by atoms with E-state index in [4.69, 9.17) is 23.2 Å². The normalized spacial score (nSPS) is 16.2. The first-order valence-electron chi connectivity index (χ1n) is 4.59. The van der Waals surface area contributed by atoms with Gasteiger partial charge in [0.2, 0.25) is 4.99 Å². The molecule has 96 valence electrons. The van der Waals surface area contributed by atoms with Crippen molar-refractivity contribution in [3.63, 3.8) is 0 Å². The van der Waals surface area contributed by atoms with Crippen molar-refractivity contribution in [2.45, 2.75) is 11.9 Å². The van der Waals surface area contributed by atoms with Crippen molar-refractivity contribution in [1.82, 2.24) is 9.69 Å². The number of thioether (sulfide) groups is 1. The molecule has 1 aliphatic rings. The van der Waals surface area contributed by atoms with Crippen molar-refractivity contribution >= 4 is 52.4 Å². The Balaban J connectivity index is 1.88. The monoisotopic (exact) mass is 324 g/mol. The van der Waals surface area contributed by atoms with Gasteiger partial charge < -0.3 is 5.32 Å². The Kier molecular flexibility index (Phi) is 4.15. The number of hydrogen-bond donors (Lipinski definition) is 1. The number of hydrogen-bond acceptors (Lipinski definition) is 8. The highest BCUT2D eigenvalue weighted by Crippen LogP contribution is 2.32. The summed E-state index contributed by atoms with van der Waals surface area (Å²) in [5, 5.41) is 17.4. The zero-order valence-electron chi connectivity index (χ0n) is 8.92. The first-order chi connectivity index (χ1) is 8.52. The van der Waals surface area contributed by atoms with Crippen LogP contribution in [-0.2, 0) is 0 Å². The summed E-state index contributed by atoms with van der Waals surface area (Å²) in [6, 6.07) is 0. The van der Waals surface area contributed by atoms with Crippen molar-refractivity contribution < 1.29 is 4.79 Å². The second kappa shape index (κ2) is 5.47. The quantitative estimate of drug-likeness (QED) is 0.860. The van der Waals surface area contributed by atoms with Gasteiger partial charge in [-0.05, 0) is 28.9 Å². The third-order valence-electron chi connectivity index (χ3n) is 1.88. The molecule has 0 unspecified atom stereocenters. The van der Waals surface area contributed by atoms with Gasteiger partial charge in [-0.25, -0.2) is 0 Å². The molecule has 1 aromatic heterocycles. The lowest BCUT2D eigenvalue weighted by Gasteiger charge is -2.12. The number of halogens is 2. The van der Waals surface area contributed by atoms with Gasteiger partial charge in [-0.3, -0.25) is 4.79 Å². The average Bonchev–Trinajstić information content (AvgIpc) is 2.88. The highest BCUT2D eigenvalue weighted by atomic mass is 35.5. The van der Waals surface area contributed by atoms with Crippen LogP contribution in [0.2, 0.25) is 10.2 Å². The van der Waals surface area contributed by atoms with Crippen LogP contribution < -0.4 is 5.32 Å². The van der Waals surface area contributed by atoms with E-state index in [0.717, 1.165) is 11.5 Å². The van der Waals surface area contributed by atoms with Crippen LogP contribution in [0.5, 0.6) is 0 Å². The summed E-state index contributed by atoms with van der Waals surface area (Å²) in [7, 11) is 0. The van der Waals surface area contributed by atoms with E-state index < -0.39 is 4.99 Å². The standard InChI is InChI=1S/C7H6Cl2N6OS2/c1-7(12-14-15-13-7)17-2-10-6(16)4-3(8)5(9)11-18-4/h2H2,1H3,(H,10,16). The van der Waals surface area contributed by atoms with Crippen LogP contribution in [0.4, 0.5) is 0 Å². The lowest BCUT2D eigenvalue weighted by molar-refractivity contribution is 0.0965. The molecule has 1 aromatic rings. The molecule has 1 amide bonds. The fraction of sp³-hybridized carbons (Fsp3) is 0.429. The molecule has 2 rings (SSSR count). The van der Waals surface area contributed by atoms with Crippen LogP contribution >= 0.6 is 46.5 Å². The molecule has 1 aliphatic heterocycles. The van der Waals surface area contributed by atoms with Crippen LogP contribution in [0, 0.1) is 0 Å². The van der Waals surface area contributed by atoms with Crippen molar-refractivity contribution in [2.75, 3.05) is 5.88 Å². The first kappa shape index (κ1) is 13.7. The number of carbonyl (C=O) groups excluding carboxylic acids is 1. The molecule has 0 radical (unpaired) electrons. The number of nitrogens with one attached hydrogen (secondary N) is 1. The summed E-state index contributed by atoms with van der Waals surface area (Å²) in [4.78, 5) is 11.3. The third kappa shape index (κ3) is 2.97. The molecule has 18 heavy (non-hydrogen) atoms. The van der Waals surface area contributed by atoms with Crippen LogP contribution in [0.1, 0.15) is 16.6 Å². The number of amides is 1. The average molecular weight is 325 g/mol. The molecular weight excluding hydrogens is 319 g/mol. The van der Waals surface area contributed by atoms with Gasteiger partial charge in [-0.1, -0.05) is 35.0 Å². The molecule has 0 spiro atoms. The molecule has 0 fully saturated rings. The van der Waals surface area contributed by atoms with E-state index in [1.54, 1.807) is 6.92 Å². The van der Waals surface area contributed by atoms with Crippen LogP contribution in [0.3, 0.4) is 0 Å². The Morgan fingerprint density at radius 3 is 2.67 bits per heavy atom. The Morgan fingerprint density at radius 1 is 1.44 bits per heavy atom. The number of carbonyl (C=O) groups is 1. The molecule has 11 heteroatoms. The summed E-state index contributed by atoms with van der Waals surface area (Å²) < 4.78 is 3.78. The lowest BCUT2D eigenvalue weighted by Crippen LogP contribution is -2.25. The molecule has 0 aliphatic carbocycles. The molecule has 0 saturated carbocycles. The smallest absolute Gasteiger partial charge is 0.265 e. The molecular formula is C7H6Cl2N6OS2. The minimum absolute atomic E-state index is 0.129. The van der Waals surface area contributed by atoms with E-state index in [9.17, 15) is 4.79 Å². The van der Waals surface area contributed by atoms with E-state index in [2.05, 4.69) is 30.4 Å². The molecule has 7 nitrogen and oxygen atoms in total. The zero-order valence-corrected chi connectivity index (χ0v) is 12.1. The topological polar surface area (TPSA) is 91.4 Å². The zero-order chi connectivity index (χ0) is 13.2. The van der Waals surface area contributed by atoms with Gasteiger partial charge in [0.05, 0.1) is 5.88 Å². The van der Waals surface area contributed by atoms with Crippen LogP contribution in [0.15, 0.2) is 20.7 Å². The summed E-state index contributed by atoms with van der Waals surface area (Å²) >= 11 is 13.7. The maximum Gasteiger partial charge on any atom is 0.265 e. The summed E-state index contributed by atoms with van der Waals surface area (Å²) in [5.74, 6) is -0.0495. The van der Waals surface area contributed by atoms with Crippen molar-refractivity contribution in [3.05, 3.63) is 15.1 Å². The van der Waals surface area contributed by atoms with Crippen molar-refractivity contribution in [3.8, 4) is 0 Å². The molecule has 0 bridgehead atoms. The highest BCUT2D eigenvalue weighted by Gasteiger charge is 2.27. The van der Waals surface area contributed by atoms with Crippen LogP contribution in [0.25, 0.3) is 0 Å². The maximum atomic E-state index is 11.8. The first-order valence-corrected chi connectivity index (χ1v) is 7.10. The van der Waals surface area contributed by atoms with Crippen molar-refractivity contribution in [2.24, 2.45) is 20.7 Å². The Labute approximate surface area is 120 Å². The predicted octanol–water partition coefficient (Wildman–Crippen LogP) is 3.38. The molecule has 0 aromatic carbocycles. The van der Waals surface area contributed by atoms with Crippen LogP contribution in [-0.4, -0.2) is 21.2 Å². The number of aromatic nitrogens is 1. The van der Waals surface area contributed by atoms with E-state index in [0.29, 0.717) is 5.88 Å². The number of rotatable bonds is 4. The molecule has 0 saturated heterocycles. The highest BCUT2D eigenvalue weighted by molar-refractivity contribution is 8.00. The second-order valence-electron chi connectivity index (χ2n) is 3.22. The van der Waals surface area contributed by atoms with E-state index in [1.807, 2.05) is 0 Å². The third-order valence-corrected chi connectivity index (χ3v) is 4.68. The maximum absolute atomic E-state index is 11.8. The van der Waals surface area contributed by atoms with Gasteiger partial charge >= 0.3 is 0 Å². The van der Waals surface area contributed by atoms with Crippen molar-refractivity contribution in [1.29, 1.82) is 0 Å². The predicted molar refractivity (Wildman–Crippen MR) is 70.2 cm³/mol. The Bertz CT molecular complexity index is 518. The van der Waals surface area contributed by atoms with Gasteiger partial charge in [0.15, 0.2) is 5.15 Å². The van der Waals surface area contributed by atoms with Gasteiger partial charge in [0.1, 0.15) is 9.90 Å². The second-order valence-corrected chi connectivity index (χ2v) is 6.08. The summed E-state index contributed by atoms with van der Waals surface area (Å²) in [6.07, 6.45) is 0. The van der Waals surface area contributed by atoms with E-state index in [-0.39, 0.29) is 21.0 Å². The van der Waals surface area contributed by atoms with Gasteiger partial charge in [0, 0.05) is 0 Å². The van der Waals surface area contributed by atoms with Gasteiger partial charge in [-0.15, -0.1) is 10.2 Å². The lowest BCUT2D eigenvalue weighted by atomic mass is 10.4. The molecule has 0 atom stereocenters. The summed E-state index contributed by atoms with van der Waals surface area (Å²) in [6.45, 7) is 1.74. The Hall–Kier alpha value is -0.770. The number of nitrogens with zero attached hydrogens (tertiary/aromatic N) is 5. The molecule has 1 N–H and O–H groups in total. The van der Waals surface area contributed by atoms with Gasteiger partial charge in [0.25, 0.3) is 5.91 Å². The minimum Gasteiger partial charge on any atom is -0.342 e. The molecule has 2 heterocycles. The van der Waals surface area contributed by atoms with Gasteiger partial charge in [-0.2, -0.15) is 4.37 Å². The SMILES string of the molecule is CC1(SCNC(=O)c2snc(Cl)c2Cl)N=NN=N1. The summed E-state index contributed by atoms with van der Waals surface area (Å²) in [5.41, 5.74) is 0. The van der Waals surface area contributed by atoms with E-state index >= 15 is 0 Å². The minimum atomic E-state index is -0.775. The largest absolute Gasteiger partial charge is 0.342 e. The van der Waals surface area contributed by atoms with E-state index in [1.165, 1.54) is 11.8 Å².